The maximum absolute atomic E-state index is 11.5. The number of carbonyl (C=O) groups is 1. The molecular formula is C11H14N6O3. The molecule has 0 spiro atoms. The highest BCUT2D eigenvalue weighted by molar-refractivity contribution is 6.35. The van der Waals surface area contributed by atoms with E-state index in [0.29, 0.717) is 11.5 Å². The van der Waals surface area contributed by atoms with Crippen molar-refractivity contribution in [2.24, 2.45) is 5.10 Å². The molecule has 0 radical (unpaired) electrons. The van der Waals surface area contributed by atoms with Gasteiger partial charge in [-0.2, -0.15) is 14.7 Å². The molecule has 9 nitrogen and oxygen atoms in total. The van der Waals surface area contributed by atoms with E-state index in [4.69, 9.17) is 4.74 Å². The van der Waals surface area contributed by atoms with E-state index in [0.717, 1.165) is 10.1 Å². The van der Waals surface area contributed by atoms with Crippen LogP contribution >= 0.6 is 0 Å². The third kappa shape index (κ3) is 2.66. The Bertz CT molecular complexity index is 729. The van der Waals surface area contributed by atoms with Gasteiger partial charge in [-0.25, -0.2) is 14.7 Å². The molecular weight excluding hydrogens is 264 g/mol. The summed E-state index contributed by atoms with van der Waals surface area (Å²) in [6.07, 6.45) is 0. The molecule has 106 valence electrons. The van der Waals surface area contributed by atoms with Gasteiger partial charge in [0.1, 0.15) is 5.71 Å². The molecule has 20 heavy (non-hydrogen) atoms. The predicted molar refractivity (Wildman–Crippen MR) is 71.7 cm³/mol. The number of aryl methyl sites for hydroxylation is 1. The molecule has 0 aliphatic rings. The van der Waals surface area contributed by atoms with Crippen LogP contribution in [0.4, 0.5) is 5.82 Å². The average Bonchev–Trinajstić information content (AvgIpc) is 2.79. The van der Waals surface area contributed by atoms with E-state index in [-0.39, 0.29) is 12.3 Å². The van der Waals surface area contributed by atoms with Crippen LogP contribution in [0.3, 0.4) is 0 Å². The van der Waals surface area contributed by atoms with Crippen LogP contribution in [0.1, 0.15) is 19.4 Å². The number of ether oxygens (including phenoxy) is 1. The van der Waals surface area contributed by atoms with Crippen molar-refractivity contribution >= 4 is 23.1 Å². The molecule has 2 N–H and O–H groups in total. The summed E-state index contributed by atoms with van der Waals surface area (Å²) < 4.78 is 5.91. The fraction of sp³-hybridized carbons (Fsp3) is 0.364. The Morgan fingerprint density at radius 1 is 1.60 bits per heavy atom. The lowest BCUT2D eigenvalue weighted by Crippen LogP contribution is -2.17. The largest absolute Gasteiger partial charge is 0.461 e. The smallest absolute Gasteiger partial charge is 0.364 e. The number of fused-ring (bicyclic) bond motifs is 1. The number of hydrogen-bond acceptors (Lipinski definition) is 7. The Labute approximate surface area is 113 Å². The van der Waals surface area contributed by atoms with Crippen LogP contribution in [-0.2, 0) is 9.53 Å². The second-order valence-corrected chi connectivity index (χ2v) is 4.01. The van der Waals surface area contributed by atoms with E-state index in [1.165, 1.54) is 6.92 Å². The molecule has 0 atom stereocenters. The first kappa shape index (κ1) is 13.7. The summed E-state index contributed by atoms with van der Waals surface area (Å²) in [4.78, 5) is 22.8. The van der Waals surface area contributed by atoms with Crippen LogP contribution < -0.4 is 11.1 Å². The van der Waals surface area contributed by atoms with Gasteiger partial charge in [0.15, 0.2) is 11.5 Å². The van der Waals surface area contributed by atoms with E-state index in [1.54, 1.807) is 19.9 Å². The predicted octanol–water partition coefficient (Wildman–Crippen LogP) is 0.0769. The number of aromatic amines is 1. The van der Waals surface area contributed by atoms with Crippen molar-refractivity contribution in [1.29, 1.82) is 0 Å². The summed E-state index contributed by atoms with van der Waals surface area (Å²) in [6, 6.07) is 1.66. The number of esters is 1. The van der Waals surface area contributed by atoms with Crippen molar-refractivity contribution in [2.75, 3.05) is 12.0 Å². The monoisotopic (exact) mass is 278 g/mol. The van der Waals surface area contributed by atoms with Gasteiger partial charge in [0.25, 0.3) is 0 Å². The number of carbonyl (C=O) groups excluding carboxylic acids is 1. The van der Waals surface area contributed by atoms with Gasteiger partial charge in [-0.15, -0.1) is 5.10 Å². The zero-order chi connectivity index (χ0) is 14.7. The van der Waals surface area contributed by atoms with Crippen LogP contribution in [0.15, 0.2) is 16.0 Å². The van der Waals surface area contributed by atoms with Gasteiger partial charge in [0.05, 0.1) is 6.61 Å². The fourth-order valence-corrected chi connectivity index (χ4v) is 1.52. The van der Waals surface area contributed by atoms with E-state index in [1.807, 2.05) is 0 Å². The van der Waals surface area contributed by atoms with Gasteiger partial charge in [-0.05, 0) is 32.4 Å². The van der Waals surface area contributed by atoms with Crippen LogP contribution in [-0.4, -0.2) is 38.1 Å². The summed E-state index contributed by atoms with van der Waals surface area (Å²) in [5.74, 6) is -0.194. The lowest BCUT2D eigenvalue weighted by Gasteiger charge is -2.04. The molecule has 0 amide bonds. The molecule has 0 bridgehead atoms. The minimum absolute atomic E-state index is 0.158. The summed E-state index contributed by atoms with van der Waals surface area (Å²) >= 11 is 0. The molecule has 0 fully saturated rings. The summed E-state index contributed by atoms with van der Waals surface area (Å²) in [7, 11) is 0. The van der Waals surface area contributed by atoms with E-state index >= 15 is 0 Å². The number of hydrogen-bond donors (Lipinski definition) is 2. The molecule has 0 saturated carbocycles. The number of anilines is 1. The first-order valence-corrected chi connectivity index (χ1v) is 5.95. The Hall–Kier alpha value is -2.71. The Kier molecular flexibility index (Phi) is 3.78. The first-order chi connectivity index (χ1) is 9.52. The third-order valence-electron chi connectivity index (χ3n) is 2.47. The molecule has 9 heteroatoms. The normalized spacial score (nSPS) is 11.7. The molecule has 2 rings (SSSR count). The van der Waals surface area contributed by atoms with E-state index in [2.05, 4.69) is 25.8 Å². The van der Waals surface area contributed by atoms with Crippen LogP contribution in [0, 0.1) is 6.92 Å². The number of nitrogens with one attached hydrogen (secondary N) is 2. The zero-order valence-corrected chi connectivity index (χ0v) is 11.3. The van der Waals surface area contributed by atoms with Gasteiger partial charge in [0.2, 0.25) is 0 Å². The lowest BCUT2D eigenvalue weighted by molar-refractivity contribution is -0.135. The summed E-state index contributed by atoms with van der Waals surface area (Å²) in [5, 5.41) is 14.0. The number of rotatable bonds is 4. The molecule has 0 aliphatic carbocycles. The van der Waals surface area contributed by atoms with Crippen LogP contribution in [0.25, 0.3) is 5.65 Å². The first-order valence-electron chi connectivity index (χ1n) is 5.95. The van der Waals surface area contributed by atoms with E-state index < -0.39 is 11.7 Å². The second kappa shape index (κ2) is 5.51. The van der Waals surface area contributed by atoms with Crippen molar-refractivity contribution in [3.8, 4) is 0 Å². The molecule has 0 aromatic carbocycles. The molecule has 0 saturated heterocycles. The average molecular weight is 278 g/mol. The zero-order valence-electron chi connectivity index (χ0n) is 11.3. The van der Waals surface area contributed by atoms with Crippen molar-refractivity contribution in [2.45, 2.75) is 20.8 Å². The maximum atomic E-state index is 11.5. The summed E-state index contributed by atoms with van der Waals surface area (Å²) in [6.45, 7) is 5.28. The van der Waals surface area contributed by atoms with Gasteiger partial charge < -0.3 is 4.74 Å². The lowest BCUT2D eigenvalue weighted by atomic mass is 10.3. The van der Waals surface area contributed by atoms with Crippen molar-refractivity contribution in [1.82, 2.24) is 19.8 Å². The third-order valence-corrected chi connectivity index (χ3v) is 2.47. The number of hydrazone groups is 1. The minimum Gasteiger partial charge on any atom is -0.461 e. The Balaban J connectivity index is 2.26. The maximum Gasteiger partial charge on any atom is 0.364 e. The van der Waals surface area contributed by atoms with Crippen molar-refractivity contribution in [3.63, 3.8) is 0 Å². The SMILES string of the molecule is CCOC(=O)/C(C)=N\Nc1cc(C)c2n[nH]c(=O)n2n1. The highest BCUT2D eigenvalue weighted by Crippen LogP contribution is 2.09. The fourth-order valence-electron chi connectivity index (χ4n) is 1.52. The van der Waals surface area contributed by atoms with Gasteiger partial charge in [-0.1, -0.05) is 0 Å². The molecule has 2 aromatic heterocycles. The topological polar surface area (TPSA) is 114 Å². The van der Waals surface area contributed by atoms with Gasteiger partial charge in [0, 0.05) is 0 Å². The Morgan fingerprint density at radius 3 is 3.05 bits per heavy atom. The van der Waals surface area contributed by atoms with E-state index in [9.17, 15) is 9.59 Å². The second-order valence-electron chi connectivity index (χ2n) is 4.01. The standard InChI is InChI=1S/C11H14N6O3/c1-4-20-10(18)7(3)12-13-8-5-6(2)9-14-15-11(19)17(9)16-8/h5H,4H2,1-3H3,(H,13,16)(H,15,19)/b12-7-. The van der Waals surface area contributed by atoms with Crippen molar-refractivity contribution < 1.29 is 9.53 Å². The molecule has 0 aliphatic heterocycles. The quantitative estimate of drug-likeness (QED) is 0.465. The highest BCUT2D eigenvalue weighted by Gasteiger charge is 2.09. The van der Waals surface area contributed by atoms with Gasteiger partial charge in [-0.3, -0.25) is 5.43 Å². The number of nitrogens with zero attached hydrogens (tertiary/aromatic N) is 4. The number of aromatic nitrogens is 4. The van der Waals surface area contributed by atoms with Crippen molar-refractivity contribution in [3.05, 3.63) is 22.1 Å². The van der Waals surface area contributed by atoms with Crippen LogP contribution in [0.5, 0.6) is 0 Å². The minimum atomic E-state index is -0.515. The Morgan fingerprint density at radius 2 is 2.35 bits per heavy atom. The summed E-state index contributed by atoms with van der Waals surface area (Å²) in [5.41, 5.74) is 3.50. The number of H-pyrrole nitrogens is 1. The molecule has 2 aromatic rings. The molecule has 0 unspecified atom stereocenters. The molecule has 2 heterocycles. The van der Waals surface area contributed by atoms with Crippen LogP contribution in [0.2, 0.25) is 0 Å². The highest BCUT2D eigenvalue weighted by atomic mass is 16.5. The van der Waals surface area contributed by atoms with Gasteiger partial charge >= 0.3 is 11.7 Å².